The Morgan fingerprint density at radius 1 is 1.19 bits per heavy atom. The van der Waals surface area contributed by atoms with Crippen LogP contribution < -0.4 is 5.32 Å². The molecule has 3 rings (SSSR count). The molecule has 1 aromatic carbocycles. The molecular formula is C18H22N2O. The summed E-state index contributed by atoms with van der Waals surface area (Å²) in [6.45, 7) is 2.08. The minimum absolute atomic E-state index is 0.133. The minimum Gasteiger partial charge on any atom is -0.353 e. The highest BCUT2D eigenvalue weighted by Gasteiger charge is 2.17. The van der Waals surface area contributed by atoms with Crippen LogP contribution in [0.2, 0.25) is 0 Å². The van der Waals surface area contributed by atoms with Crippen LogP contribution in [0.3, 0.4) is 0 Å². The average molecular weight is 282 g/mol. The molecule has 1 N–H and O–H groups in total. The van der Waals surface area contributed by atoms with Gasteiger partial charge in [-0.3, -0.25) is 4.79 Å². The lowest BCUT2D eigenvalue weighted by Crippen LogP contribution is -2.34. The predicted molar refractivity (Wildman–Crippen MR) is 84.6 cm³/mol. The molecule has 0 saturated heterocycles. The van der Waals surface area contributed by atoms with Crippen LogP contribution in [-0.2, 0) is 11.2 Å². The molecule has 0 aliphatic heterocycles. The van der Waals surface area contributed by atoms with Crippen molar-refractivity contribution in [3.63, 3.8) is 0 Å². The summed E-state index contributed by atoms with van der Waals surface area (Å²) in [5.74, 6) is 0.133. The van der Waals surface area contributed by atoms with Crippen LogP contribution in [0.25, 0.3) is 5.69 Å². The van der Waals surface area contributed by atoms with Crippen LogP contribution in [0.4, 0.5) is 0 Å². The van der Waals surface area contributed by atoms with Crippen molar-refractivity contribution in [2.75, 3.05) is 0 Å². The second kappa shape index (κ2) is 6.17. The second-order valence-electron chi connectivity index (χ2n) is 5.93. The topological polar surface area (TPSA) is 34.0 Å². The van der Waals surface area contributed by atoms with Gasteiger partial charge in [-0.05, 0) is 44.0 Å². The molecule has 1 aromatic heterocycles. The Balaban J connectivity index is 1.70. The summed E-state index contributed by atoms with van der Waals surface area (Å²) in [4.78, 5) is 12.2. The van der Waals surface area contributed by atoms with E-state index in [1.165, 1.54) is 18.4 Å². The number of hydrogen-bond donors (Lipinski definition) is 1. The van der Waals surface area contributed by atoms with Crippen molar-refractivity contribution in [2.24, 2.45) is 0 Å². The van der Waals surface area contributed by atoms with E-state index < -0.39 is 0 Å². The first kappa shape index (κ1) is 13.9. The van der Waals surface area contributed by atoms with Crippen LogP contribution in [0.15, 0.2) is 42.6 Å². The van der Waals surface area contributed by atoms with Gasteiger partial charge in [0.15, 0.2) is 0 Å². The van der Waals surface area contributed by atoms with E-state index in [1.807, 2.05) is 18.3 Å². The lowest BCUT2D eigenvalue weighted by atomic mass is 10.2. The van der Waals surface area contributed by atoms with Crippen LogP contribution in [0.1, 0.15) is 36.9 Å². The van der Waals surface area contributed by atoms with Crippen molar-refractivity contribution in [1.29, 1.82) is 0 Å². The largest absolute Gasteiger partial charge is 0.353 e. The minimum atomic E-state index is 0.133. The second-order valence-corrected chi connectivity index (χ2v) is 5.93. The molecule has 0 radical (unpaired) electrons. The molecule has 1 fully saturated rings. The van der Waals surface area contributed by atoms with Crippen molar-refractivity contribution < 1.29 is 4.79 Å². The van der Waals surface area contributed by atoms with Gasteiger partial charge < -0.3 is 9.88 Å². The van der Waals surface area contributed by atoms with E-state index in [0.717, 1.165) is 24.2 Å². The fraction of sp³-hybridized carbons (Fsp3) is 0.389. The number of nitrogens with zero attached hydrogens (tertiary/aromatic N) is 1. The van der Waals surface area contributed by atoms with Crippen molar-refractivity contribution in [1.82, 2.24) is 9.88 Å². The van der Waals surface area contributed by atoms with Crippen LogP contribution in [0.5, 0.6) is 0 Å². The molecule has 1 saturated carbocycles. The third-order valence-corrected chi connectivity index (χ3v) is 4.21. The zero-order valence-electron chi connectivity index (χ0n) is 12.5. The molecule has 0 bridgehead atoms. The van der Waals surface area contributed by atoms with E-state index in [0.29, 0.717) is 12.5 Å². The van der Waals surface area contributed by atoms with Gasteiger partial charge >= 0.3 is 0 Å². The van der Waals surface area contributed by atoms with E-state index >= 15 is 0 Å². The van der Waals surface area contributed by atoms with Crippen molar-refractivity contribution in [3.8, 4) is 5.69 Å². The number of aromatic nitrogens is 1. The molecular weight excluding hydrogens is 260 g/mol. The van der Waals surface area contributed by atoms with Crippen molar-refractivity contribution >= 4 is 5.91 Å². The van der Waals surface area contributed by atoms with Gasteiger partial charge in [-0.1, -0.05) is 30.5 Å². The maximum atomic E-state index is 12.2. The third-order valence-electron chi connectivity index (χ3n) is 4.21. The van der Waals surface area contributed by atoms with Gasteiger partial charge in [0.1, 0.15) is 0 Å². The molecule has 0 unspecified atom stereocenters. The number of nitrogens with one attached hydrogen (secondary N) is 1. The normalized spacial score (nSPS) is 15.3. The average Bonchev–Trinajstić information content (AvgIpc) is 3.11. The van der Waals surface area contributed by atoms with E-state index in [4.69, 9.17) is 0 Å². The maximum absolute atomic E-state index is 12.2. The van der Waals surface area contributed by atoms with Crippen LogP contribution in [0, 0.1) is 6.92 Å². The molecule has 1 heterocycles. The Hall–Kier alpha value is -2.03. The monoisotopic (exact) mass is 282 g/mol. The first-order valence-corrected chi connectivity index (χ1v) is 7.75. The quantitative estimate of drug-likeness (QED) is 0.916. The molecule has 1 aliphatic carbocycles. The molecule has 110 valence electrons. The standard InChI is InChI=1S/C18H22N2O/c1-14-8-10-16(11-9-14)20-12-4-7-17(20)13-18(21)19-15-5-2-3-6-15/h4,7-12,15H,2-3,5-6,13H2,1H3,(H,19,21). The Labute approximate surface area is 126 Å². The lowest BCUT2D eigenvalue weighted by Gasteiger charge is -2.13. The van der Waals surface area contributed by atoms with E-state index in [-0.39, 0.29) is 5.91 Å². The van der Waals surface area contributed by atoms with E-state index in [2.05, 4.69) is 41.1 Å². The molecule has 0 spiro atoms. The smallest absolute Gasteiger partial charge is 0.226 e. The van der Waals surface area contributed by atoms with Gasteiger partial charge in [0.05, 0.1) is 6.42 Å². The first-order chi connectivity index (χ1) is 10.2. The zero-order chi connectivity index (χ0) is 14.7. The van der Waals surface area contributed by atoms with Crippen LogP contribution in [-0.4, -0.2) is 16.5 Å². The fourth-order valence-electron chi connectivity index (χ4n) is 3.03. The van der Waals surface area contributed by atoms with Gasteiger partial charge in [-0.15, -0.1) is 0 Å². The number of hydrogen-bond acceptors (Lipinski definition) is 1. The number of benzene rings is 1. The third kappa shape index (κ3) is 3.35. The summed E-state index contributed by atoms with van der Waals surface area (Å²) in [6.07, 6.45) is 7.20. The maximum Gasteiger partial charge on any atom is 0.226 e. The lowest BCUT2D eigenvalue weighted by molar-refractivity contribution is -0.121. The number of carbonyl (C=O) groups excluding carboxylic acids is 1. The van der Waals surface area contributed by atoms with Crippen LogP contribution >= 0.6 is 0 Å². The summed E-state index contributed by atoms with van der Waals surface area (Å²) in [5, 5.41) is 3.15. The summed E-state index contributed by atoms with van der Waals surface area (Å²) in [5.41, 5.74) is 3.38. The summed E-state index contributed by atoms with van der Waals surface area (Å²) < 4.78 is 2.09. The fourth-order valence-corrected chi connectivity index (χ4v) is 3.03. The van der Waals surface area contributed by atoms with E-state index in [1.54, 1.807) is 0 Å². The zero-order valence-corrected chi connectivity index (χ0v) is 12.5. The van der Waals surface area contributed by atoms with Gasteiger partial charge in [-0.2, -0.15) is 0 Å². The first-order valence-electron chi connectivity index (χ1n) is 7.75. The SMILES string of the molecule is Cc1ccc(-n2cccc2CC(=O)NC2CCCC2)cc1. The van der Waals surface area contributed by atoms with Gasteiger partial charge in [-0.25, -0.2) is 0 Å². The summed E-state index contributed by atoms with van der Waals surface area (Å²) >= 11 is 0. The van der Waals surface area contributed by atoms with Gasteiger partial charge in [0.25, 0.3) is 0 Å². The summed E-state index contributed by atoms with van der Waals surface area (Å²) in [7, 11) is 0. The number of amides is 1. The molecule has 2 aromatic rings. The Bertz CT molecular complexity index is 606. The number of carbonyl (C=O) groups is 1. The molecule has 3 heteroatoms. The Morgan fingerprint density at radius 2 is 1.90 bits per heavy atom. The Kier molecular flexibility index (Phi) is 4.09. The number of rotatable bonds is 4. The van der Waals surface area contributed by atoms with Gasteiger partial charge in [0, 0.05) is 23.6 Å². The Morgan fingerprint density at radius 3 is 2.62 bits per heavy atom. The highest BCUT2D eigenvalue weighted by Crippen LogP contribution is 2.18. The molecule has 1 aliphatic rings. The van der Waals surface area contributed by atoms with Crippen molar-refractivity contribution in [3.05, 3.63) is 53.9 Å². The molecule has 3 nitrogen and oxygen atoms in total. The summed E-state index contributed by atoms with van der Waals surface area (Å²) in [6, 6.07) is 12.8. The van der Waals surface area contributed by atoms with E-state index in [9.17, 15) is 4.79 Å². The number of aryl methyl sites for hydroxylation is 1. The van der Waals surface area contributed by atoms with Crippen molar-refractivity contribution in [2.45, 2.75) is 45.1 Å². The molecule has 21 heavy (non-hydrogen) atoms. The highest BCUT2D eigenvalue weighted by molar-refractivity contribution is 5.78. The molecule has 1 amide bonds. The predicted octanol–water partition coefficient (Wildman–Crippen LogP) is 3.39. The van der Waals surface area contributed by atoms with Gasteiger partial charge in [0.2, 0.25) is 5.91 Å². The molecule has 0 atom stereocenters. The highest BCUT2D eigenvalue weighted by atomic mass is 16.1.